The fraction of sp³-hybridized carbons (Fsp3) is 0.450. The minimum Gasteiger partial charge on any atom is -0.476 e. The van der Waals surface area contributed by atoms with Crippen molar-refractivity contribution in [3.63, 3.8) is 0 Å². The van der Waals surface area contributed by atoms with Crippen LogP contribution in [0.15, 0.2) is 30.6 Å². The van der Waals surface area contributed by atoms with Gasteiger partial charge in [0.1, 0.15) is 11.8 Å². The highest BCUT2D eigenvalue weighted by Gasteiger charge is 2.26. The van der Waals surface area contributed by atoms with Crippen LogP contribution in [0, 0.1) is 17.2 Å². The van der Waals surface area contributed by atoms with E-state index in [9.17, 15) is 0 Å². The van der Waals surface area contributed by atoms with Crippen molar-refractivity contribution in [2.24, 2.45) is 5.92 Å². The number of hydrogen-bond acceptors (Lipinski definition) is 7. The van der Waals surface area contributed by atoms with Gasteiger partial charge in [0.15, 0.2) is 5.65 Å². The highest BCUT2D eigenvalue weighted by Crippen LogP contribution is 2.39. The smallest absolute Gasteiger partial charge is 0.231 e. The second-order valence-electron chi connectivity index (χ2n) is 7.51. The van der Waals surface area contributed by atoms with Gasteiger partial charge < -0.3 is 9.64 Å². The summed E-state index contributed by atoms with van der Waals surface area (Å²) in [5.74, 6) is 2.36. The molecule has 2 fully saturated rings. The second-order valence-corrected chi connectivity index (χ2v) is 7.51. The van der Waals surface area contributed by atoms with Crippen LogP contribution in [0.2, 0.25) is 0 Å². The zero-order chi connectivity index (χ0) is 18.9. The molecule has 8 heteroatoms. The Balaban J connectivity index is 1.17. The van der Waals surface area contributed by atoms with E-state index in [1.807, 2.05) is 22.8 Å². The number of nitriles is 1. The fourth-order valence-corrected chi connectivity index (χ4v) is 3.60. The molecule has 1 saturated carbocycles. The number of fused-ring (bicyclic) bond motifs is 1. The Bertz CT molecular complexity index is 1030. The molecule has 0 aromatic carbocycles. The number of hydrogen-bond donors (Lipinski definition) is 0. The van der Waals surface area contributed by atoms with E-state index in [-0.39, 0.29) is 0 Å². The van der Waals surface area contributed by atoms with Gasteiger partial charge in [-0.1, -0.05) is 0 Å². The Morgan fingerprint density at radius 2 is 1.96 bits per heavy atom. The van der Waals surface area contributed by atoms with Crippen molar-refractivity contribution < 1.29 is 4.74 Å². The van der Waals surface area contributed by atoms with E-state index < -0.39 is 0 Å². The number of imidazole rings is 1. The van der Waals surface area contributed by atoms with Gasteiger partial charge in [0, 0.05) is 31.3 Å². The predicted molar refractivity (Wildman–Crippen MR) is 102 cm³/mol. The van der Waals surface area contributed by atoms with Gasteiger partial charge in [0.2, 0.25) is 11.8 Å². The highest BCUT2D eigenvalue weighted by atomic mass is 16.5. The summed E-state index contributed by atoms with van der Waals surface area (Å²) >= 11 is 0. The van der Waals surface area contributed by atoms with E-state index in [0.29, 0.717) is 36.0 Å². The van der Waals surface area contributed by atoms with E-state index in [1.165, 1.54) is 12.8 Å². The molecular weight excluding hydrogens is 354 g/mol. The van der Waals surface area contributed by atoms with E-state index in [1.54, 1.807) is 12.3 Å². The summed E-state index contributed by atoms with van der Waals surface area (Å²) in [6, 6.07) is 7.56. The molecule has 0 amide bonds. The van der Waals surface area contributed by atoms with Gasteiger partial charge >= 0.3 is 0 Å². The third-order valence-electron chi connectivity index (χ3n) is 5.43. The first-order valence-corrected chi connectivity index (χ1v) is 9.76. The van der Waals surface area contributed by atoms with Gasteiger partial charge in [-0.25, -0.2) is 19.5 Å². The molecule has 142 valence electrons. The highest BCUT2D eigenvalue weighted by molar-refractivity contribution is 5.41. The maximum absolute atomic E-state index is 8.99. The Kier molecular flexibility index (Phi) is 4.28. The van der Waals surface area contributed by atoms with Crippen molar-refractivity contribution in [3.8, 4) is 11.9 Å². The minimum atomic E-state index is 0.404. The maximum Gasteiger partial charge on any atom is 0.231 e. The van der Waals surface area contributed by atoms with Crippen molar-refractivity contribution in [2.45, 2.75) is 31.6 Å². The molecule has 5 rings (SSSR count). The van der Waals surface area contributed by atoms with Crippen LogP contribution in [-0.2, 0) is 0 Å². The van der Waals surface area contributed by atoms with Crippen LogP contribution in [0.4, 0.5) is 5.95 Å². The van der Waals surface area contributed by atoms with Crippen LogP contribution in [0.1, 0.15) is 43.0 Å². The normalized spacial score (nSPS) is 17.6. The predicted octanol–water partition coefficient (Wildman–Crippen LogP) is 2.56. The summed E-state index contributed by atoms with van der Waals surface area (Å²) in [6.07, 6.45) is 8.13. The largest absolute Gasteiger partial charge is 0.476 e. The molecule has 3 aromatic heterocycles. The van der Waals surface area contributed by atoms with Crippen LogP contribution < -0.4 is 9.64 Å². The van der Waals surface area contributed by atoms with Gasteiger partial charge in [-0.05, 0) is 43.7 Å². The molecule has 1 saturated heterocycles. The lowest BCUT2D eigenvalue weighted by atomic mass is 9.98. The number of piperidine rings is 1. The molecule has 0 spiro atoms. The van der Waals surface area contributed by atoms with E-state index in [4.69, 9.17) is 10.00 Å². The number of aromatic nitrogens is 5. The lowest BCUT2D eigenvalue weighted by molar-refractivity contribution is 0.213. The second kappa shape index (κ2) is 7.08. The number of nitrogens with zero attached hydrogens (tertiary/aromatic N) is 7. The Morgan fingerprint density at radius 3 is 2.75 bits per heavy atom. The molecule has 2 aliphatic rings. The summed E-state index contributed by atoms with van der Waals surface area (Å²) < 4.78 is 7.79. The van der Waals surface area contributed by atoms with Crippen molar-refractivity contribution in [2.75, 3.05) is 24.6 Å². The van der Waals surface area contributed by atoms with Gasteiger partial charge in [0.25, 0.3) is 0 Å². The monoisotopic (exact) mass is 375 g/mol. The van der Waals surface area contributed by atoms with Gasteiger partial charge in [-0.15, -0.1) is 5.10 Å². The SMILES string of the molecule is N#Cc1ccnc(N2CCC(COc3ccc4nc(C5CC5)cn4n3)CC2)n1. The van der Waals surface area contributed by atoms with Crippen molar-refractivity contribution >= 4 is 11.6 Å². The van der Waals surface area contributed by atoms with E-state index in [0.717, 1.165) is 37.3 Å². The summed E-state index contributed by atoms with van der Waals surface area (Å²) in [5, 5.41) is 13.5. The molecule has 1 aliphatic carbocycles. The van der Waals surface area contributed by atoms with Crippen molar-refractivity contribution in [3.05, 3.63) is 42.0 Å². The minimum absolute atomic E-state index is 0.404. The zero-order valence-electron chi connectivity index (χ0n) is 15.5. The first-order chi connectivity index (χ1) is 13.8. The van der Waals surface area contributed by atoms with E-state index >= 15 is 0 Å². The van der Waals surface area contributed by atoms with Crippen LogP contribution in [0.25, 0.3) is 5.65 Å². The standard InChI is InChI=1S/C20H21N7O/c21-11-16-5-8-22-20(23-16)26-9-6-14(7-10-26)13-28-19-4-3-18-24-17(15-1-2-15)12-27(18)25-19/h3-5,8,12,14-15H,1-2,6-7,9-10,13H2. The molecule has 0 unspecified atom stereocenters. The Morgan fingerprint density at radius 1 is 1.11 bits per heavy atom. The number of anilines is 1. The average Bonchev–Trinajstić information content (AvgIpc) is 3.52. The summed E-state index contributed by atoms with van der Waals surface area (Å²) in [6.45, 7) is 2.37. The first-order valence-electron chi connectivity index (χ1n) is 9.76. The number of ether oxygens (including phenoxy) is 1. The molecule has 0 atom stereocenters. The maximum atomic E-state index is 8.99. The quantitative estimate of drug-likeness (QED) is 0.676. The molecule has 1 aliphatic heterocycles. The molecule has 0 radical (unpaired) electrons. The lowest BCUT2D eigenvalue weighted by Gasteiger charge is -2.31. The zero-order valence-corrected chi connectivity index (χ0v) is 15.5. The molecule has 8 nitrogen and oxygen atoms in total. The van der Waals surface area contributed by atoms with Gasteiger partial charge in [0.05, 0.1) is 18.5 Å². The van der Waals surface area contributed by atoms with E-state index in [2.05, 4.69) is 31.0 Å². The molecule has 0 N–H and O–H groups in total. The Hall–Kier alpha value is -3.21. The Labute approximate surface area is 162 Å². The topological polar surface area (TPSA) is 92.2 Å². The molecular formula is C20H21N7O. The summed E-state index contributed by atoms with van der Waals surface area (Å²) in [7, 11) is 0. The van der Waals surface area contributed by atoms with Crippen LogP contribution in [-0.4, -0.2) is 44.3 Å². The third-order valence-corrected chi connectivity index (χ3v) is 5.43. The van der Waals surface area contributed by atoms with Crippen LogP contribution in [0.5, 0.6) is 5.88 Å². The van der Waals surface area contributed by atoms with Crippen LogP contribution >= 0.6 is 0 Å². The van der Waals surface area contributed by atoms with Crippen molar-refractivity contribution in [1.29, 1.82) is 5.26 Å². The molecule has 28 heavy (non-hydrogen) atoms. The fourth-order valence-electron chi connectivity index (χ4n) is 3.60. The lowest BCUT2D eigenvalue weighted by Crippen LogP contribution is -2.36. The molecule has 3 aromatic rings. The average molecular weight is 375 g/mol. The molecule has 4 heterocycles. The third kappa shape index (κ3) is 3.48. The molecule has 0 bridgehead atoms. The van der Waals surface area contributed by atoms with Crippen LogP contribution in [0.3, 0.4) is 0 Å². The summed E-state index contributed by atoms with van der Waals surface area (Å²) in [4.78, 5) is 15.3. The van der Waals surface area contributed by atoms with Gasteiger partial charge in [-0.2, -0.15) is 5.26 Å². The number of rotatable bonds is 5. The van der Waals surface area contributed by atoms with Gasteiger partial charge in [-0.3, -0.25) is 0 Å². The summed E-state index contributed by atoms with van der Waals surface area (Å²) in [5.41, 5.74) is 2.42. The first kappa shape index (κ1) is 16.9. The van der Waals surface area contributed by atoms with Crippen molar-refractivity contribution in [1.82, 2.24) is 24.6 Å².